The van der Waals surface area contributed by atoms with E-state index in [1.165, 1.54) is 0 Å². The molecule has 1 aromatic rings. The molecular formula is C13H18ClN3. The Bertz CT molecular complexity index is 429. The number of nitrogens with zero attached hydrogens (tertiary/aromatic N) is 2. The first kappa shape index (κ1) is 12.2. The largest absolute Gasteiger partial charge is 0.377 e. The maximum Gasteiger partial charge on any atom is 0.118 e. The smallest absolute Gasteiger partial charge is 0.118 e. The van der Waals surface area contributed by atoms with E-state index in [9.17, 15) is 0 Å². The van der Waals surface area contributed by atoms with Gasteiger partial charge in [-0.25, -0.2) is 0 Å². The molecule has 2 rings (SSSR count). The summed E-state index contributed by atoms with van der Waals surface area (Å²) in [6.45, 7) is 7.87. The molecule has 4 heteroatoms. The minimum Gasteiger partial charge on any atom is -0.377 e. The zero-order valence-electron chi connectivity index (χ0n) is 10.3. The van der Waals surface area contributed by atoms with Crippen molar-refractivity contribution >= 4 is 23.1 Å². The molecule has 0 aliphatic carbocycles. The van der Waals surface area contributed by atoms with Crippen LogP contribution in [0, 0.1) is 6.92 Å². The number of anilines is 1. The van der Waals surface area contributed by atoms with E-state index in [1.807, 2.05) is 25.1 Å². The third kappa shape index (κ3) is 2.72. The molecule has 0 amide bonds. The van der Waals surface area contributed by atoms with E-state index in [4.69, 9.17) is 11.6 Å². The Morgan fingerprint density at radius 2 is 2.29 bits per heavy atom. The van der Waals surface area contributed by atoms with Gasteiger partial charge in [0.2, 0.25) is 0 Å². The fraction of sp³-hybridized carbons (Fsp3) is 0.462. The Labute approximate surface area is 107 Å². The van der Waals surface area contributed by atoms with E-state index in [2.05, 4.69) is 22.1 Å². The molecule has 1 heterocycles. The predicted molar refractivity (Wildman–Crippen MR) is 74.2 cm³/mol. The van der Waals surface area contributed by atoms with E-state index in [0.29, 0.717) is 0 Å². The molecule has 17 heavy (non-hydrogen) atoms. The summed E-state index contributed by atoms with van der Waals surface area (Å²) in [6, 6.07) is 6.03. The number of hydrogen-bond donors (Lipinski definition) is 1. The van der Waals surface area contributed by atoms with Crippen LogP contribution in [0.3, 0.4) is 0 Å². The van der Waals surface area contributed by atoms with Gasteiger partial charge in [-0.15, -0.1) is 0 Å². The summed E-state index contributed by atoms with van der Waals surface area (Å²) in [7, 11) is 0. The SMILES string of the molecule is CCN1CCN=C1CNc1cccc(C)c1Cl. The number of rotatable bonds is 4. The first-order valence-corrected chi connectivity index (χ1v) is 6.37. The van der Waals surface area contributed by atoms with Crippen molar-refractivity contribution in [1.29, 1.82) is 0 Å². The predicted octanol–water partition coefficient (Wildman–Crippen LogP) is 2.79. The molecule has 0 radical (unpaired) electrons. The zero-order valence-corrected chi connectivity index (χ0v) is 11.1. The third-order valence-corrected chi connectivity index (χ3v) is 3.54. The summed E-state index contributed by atoms with van der Waals surface area (Å²) in [5.41, 5.74) is 2.08. The number of halogens is 1. The van der Waals surface area contributed by atoms with Crippen LogP contribution in [0.15, 0.2) is 23.2 Å². The van der Waals surface area contributed by atoms with Gasteiger partial charge in [-0.1, -0.05) is 23.7 Å². The van der Waals surface area contributed by atoms with E-state index in [-0.39, 0.29) is 0 Å². The van der Waals surface area contributed by atoms with Gasteiger partial charge in [-0.3, -0.25) is 4.99 Å². The lowest BCUT2D eigenvalue weighted by Crippen LogP contribution is -2.32. The average Bonchev–Trinajstić information content (AvgIpc) is 2.78. The molecule has 0 saturated heterocycles. The highest BCUT2D eigenvalue weighted by Gasteiger charge is 2.14. The molecule has 0 fully saturated rings. The highest BCUT2D eigenvalue weighted by Crippen LogP contribution is 2.24. The van der Waals surface area contributed by atoms with Crippen LogP contribution in [0.5, 0.6) is 0 Å². The molecule has 0 aromatic heterocycles. The van der Waals surface area contributed by atoms with Crippen LogP contribution in [-0.4, -0.2) is 36.9 Å². The van der Waals surface area contributed by atoms with Crippen LogP contribution in [0.1, 0.15) is 12.5 Å². The topological polar surface area (TPSA) is 27.6 Å². The summed E-state index contributed by atoms with van der Waals surface area (Å²) in [4.78, 5) is 6.78. The first-order valence-electron chi connectivity index (χ1n) is 5.99. The van der Waals surface area contributed by atoms with Crippen molar-refractivity contribution in [3.05, 3.63) is 28.8 Å². The van der Waals surface area contributed by atoms with Gasteiger partial charge in [0.1, 0.15) is 5.84 Å². The number of benzene rings is 1. The van der Waals surface area contributed by atoms with Crippen LogP contribution in [-0.2, 0) is 0 Å². The number of hydrogen-bond acceptors (Lipinski definition) is 3. The maximum atomic E-state index is 6.23. The summed E-state index contributed by atoms with van der Waals surface area (Å²) in [5.74, 6) is 1.13. The fourth-order valence-corrected chi connectivity index (χ4v) is 2.19. The second-order valence-corrected chi connectivity index (χ2v) is 4.55. The van der Waals surface area contributed by atoms with Crippen molar-refractivity contribution in [3.63, 3.8) is 0 Å². The molecule has 92 valence electrons. The maximum absolute atomic E-state index is 6.23. The van der Waals surface area contributed by atoms with Crippen molar-refractivity contribution in [2.24, 2.45) is 4.99 Å². The Kier molecular flexibility index (Phi) is 3.89. The Balaban J connectivity index is 2.00. The van der Waals surface area contributed by atoms with Crippen LogP contribution < -0.4 is 5.32 Å². The fourth-order valence-electron chi connectivity index (χ4n) is 2.00. The molecule has 1 aliphatic heterocycles. The summed E-state index contributed by atoms with van der Waals surface area (Å²) >= 11 is 6.23. The Morgan fingerprint density at radius 1 is 1.47 bits per heavy atom. The van der Waals surface area contributed by atoms with E-state index in [0.717, 1.165) is 48.3 Å². The van der Waals surface area contributed by atoms with E-state index in [1.54, 1.807) is 0 Å². The molecular weight excluding hydrogens is 234 g/mol. The van der Waals surface area contributed by atoms with Gasteiger partial charge < -0.3 is 10.2 Å². The van der Waals surface area contributed by atoms with Crippen LogP contribution in [0.25, 0.3) is 0 Å². The lowest BCUT2D eigenvalue weighted by atomic mass is 10.2. The molecule has 0 bridgehead atoms. The molecule has 0 unspecified atom stereocenters. The zero-order chi connectivity index (χ0) is 12.3. The number of likely N-dealkylation sites (N-methyl/N-ethyl adjacent to an activating group) is 1. The number of nitrogens with one attached hydrogen (secondary N) is 1. The normalized spacial score (nSPS) is 15.0. The van der Waals surface area contributed by atoms with Gasteiger partial charge in [-0.05, 0) is 25.5 Å². The number of amidine groups is 1. The molecule has 0 saturated carbocycles. The van der Waals surface area contributed by atoms with Crippen molar-refractivity contribution in [2.45, 2.75) is 13.8 Å². The van der Waals surface area contributed by atoms with E-state index >= 15 is 0 Å². The van der Waals surface area contributed by atoms with Crippen LogP contribution in [0.2, 0.25) is 5.02 Å². The van der Waals surface area contributed by atoms with Gasteiger partial charge in [0, 0.05) is 13.1 Å². The molecule has 1 aromatic carbocycles. The lowest BCUT2D eigenvalue weighted by Gasteiger charge is -2.19. The van der Waals surface area contributed by atoms with E-state index < -0.39 is 0 Å². The molecule has 1 aliphatic rings. The number of aliphatic imine (C=N–C) groups is 1. The van der Waals surface area contributed by atoms with Crippen LogP contribution in [0.4, 0.5) is 5.69 Å². The minimum absolute atomic E-state index is 0.747. The minimum atomic E-state index is 0.747. The quantitative estimate of drug-likeness (QED) is 0.891. The summed E-state index contributed by atoms with van der Waals surface area (Å²) in [5, 5.41) is 4.16. The Morgan fingerprint density at radius 3 is 3.06 bits per heavy atom. The summed E-state index contributed by atoms with van der Waals surface area (Å²) < 4.78 is 0. The molecule has 3 nitrogen and oxygen atoms in total. The van der Waals surface area contributed by atoms with Crippen molar-refractivity contribution < 1.29 is 0 Å². The average molecular weight is 252 g/mol. The molecule has 0 atom stereocenters. The summed E-state index contributed by atoms with van der Waals surface area (Å²) in [6.07, 6.45) is 0. The van der Waals surface area contributed by atoms with Crippen molar-refractivity contribution in [3.8, 4) is 0 Å². The van der Waals surface area contributed by atoms with Gasteiger partial charge >= 0.3 is 0 Å². The second-order valence-electron chi connectivity index (χ2n) is 4.17. The van der Waals surface area contributed by atoms with Crippen molar-refractivity contribution in [1.82, 2.24) is 4.90 Å². The number of aryl methyl sites for hydroxylation is 1. The highest BCUT2D eigenvalue weighted by atomic mass is 35.5. The second kappa shape index (κ2) is 5.41. The molecule has 1 N–H and O–H groups in total. The standard InChI is InChI=1S/C13H18ClN3/c1-3-17-8-7-15-12(17)9-16-11-6-4-5-10(2)13(11)14/h4-6,16H,3,7-9H2,1-2H3. The Hall–Kier alpha value is -1.22. The molecule has 0 spiro atoms. The first-order chi connectivity index (χ1) is 8.22. The monoisotopic (exact) mass is 251 g/mol. The van der Waals surface area contributed by atoms with Gasteiger partial charge in [0.05, 0.1) is 23.8 Å². The van der Waals surface area contributed by atoms with Gasteiger partial charge in [-0.2, -0.15) is 0 Å². The van der Waals surface area contributed by atoms with Crippen molar-refractivity contribution in [2.75, 3.05) is 31.5 Å². The third-order valence-electron chi connectivity index (χ3n) is 3.04. The van der Waals surface area contributed by atoms with Gasteiger partial charge in [0.25, 0.3) is 0 Å². The lowest BCUT2D eigenvalue weighted by molar-refractivity contribution is 0.479. The van der Waals surface area contributed by atoms with Crippen LogP contribution >= 0.6 is 11.6 Å². The van der Waals surface area contributed by atoms with Gasteiger partial charge in [0.15, 0.2) is 0 Å². The highest BCUT2D eigenvalue weighted by molar-refractivity contribution is 6.34.